The van der Waals surface area contributed by atoms with Gasteiger partial charge in [0.05, 0.1) is 24.2 Å². The number of carbonyl (C=O) groups excluding carboxylic acids is 1. The summed E-state index contributed by atoms with van der Waals surface area (Å²) in [5.41, 5.74) is -1.30. The summed E-state index contributed by atoms with van der Waals surface area (Å²) in [5, 5.41) is 9.42. The van der Waals surface area contributed by atoms with Crippen molar-refractivity contribution in [1.82, 2.24) is 4.98 Å². The van der Waals surface area contributed by atoms with E-state index in [2.05, 4.69) is 9.72 Å². The Morgan fingerprint density at radius 1 is 1.65 bits per heavy atom. The van der Waals surface area contributed by atoms with Crippen LogP contribution in [0.4, 0.5) is 8.78 Å². The molecule has 1 aromatic rings. The highest BCUT2D eigenvalue weighted by Gasteiger charge is 2.26. The lowest BCUT2D eigenvalue weighted by atomic mass is 10.1. The van der Waals surface area contributed by atoms with Crippen molar-refractivity contribution in [3.8, 4) is 5.75 Å². The number of pyridine rings is 1. The highest BCUT2D eigenvalue weighted by molar-refractivity contribution is 6.18. The van der Waals surface area contributed by atoms with Gasteiger partial charge in [0.1, 0.15) is 11.4 Å². The molecular weight excluding hydrogens is 256 g/mol. The minimum absolute atomic E-state index is 0.0267. The molecule has 1 rings (SSSR count). The molecule has 0 aliphatic carbocycles. The van der Waals surface area contributed by atoms with Crippen LogP contribution in [0.5, 0.6) is 5.75 Å². The van der Waals surface area contributed by atoms with Crippen LogP contribution in [0, 0.1) is 0 Å². The molecule has 4 nitrogen and oxygen atoms in total. The SMILES string of the molecule is CCOC(=O)c1c(C(F)F)ncc(O)c1CCl. The second-order valence-corrected chi connectivity index (χ2v) is 3.30. The van der Waals surface area contributed by atoms with E-state index in [0.29, 0.717) is 0 Å². The van der Waals surface area contributed by atoms with Gasteiger partial charge in [-0.1, -0.05) is 0 Å². The topological polar surface area (TPSA) is 59.4 Å². The Labute approximate surface area is 101 Å². The number of halogens is 3. The standard InChI is InChI=1S/C10H10ClF2NO3/c1-2-17-10(16)7-5(3-11)6(15)4-14-8(7)9(12)13/h4,9,15H,2-3H2,1H3. The van der Waals surface area contributed by atoms with E-state index in [1.807, 2.05) is 0 Å². The second kappa shape index (κ2) is 5.77. The molecule has 0 aromatic carbocycles. The maximum absolute atomic E-state index is 12.7. The van der Waals surface area contributed by atoms with Crippen molar-refractivity contribution >= 4 is 17.6 Å². The molecule has 0 unspecified atom stereocenters. The summed E-state index contributed by atoms with van der Waals surface area (Å²) in [6, 6.07) is 0. The van der Waals surface area contributed by atoms with Gasteiger partial charge in [-0.3, -0.25) is 4.98 Å². The van der Waals surface area contributed by atoms with E-state index in [0.717, 1.165) is 6.20 Å². The molecule has 0 aliphatic rings. The molecule has 17 heavy (non-hydrogen) atoms. The molecule has 94 valence electrons. The Kier molecular flexibility index (Phi) is 4.62. The van der Waals surface area contributed by atoms with E-state index in [1.165, 1.54) is 6.92 Å². The number of esters is 1. The Balaban J connectivity index is 3.38. The summed E-state index contributed by atoms with van der Waals surface area (Å²) in [7, 11) is 0. The molecule has 1 aromatic heterocycles. The molecule has 0 bridgehead atoms. The van der Waals surface area contributed by atoms with Gasteiger partial charge in [0.25, 0.3) is 6.43 Å². The Bertz CT molecular complexity index is 426. The van der Waals surface area contributed by atoms with Crippen LogP contribution >= 0.6 is 11.6 Å². The Morgan fingerprint density at radius 3 is 2.76 bits per heavy atom. The van der Waals surface area contributed by atoms with Crippen molar-refractivity contribution in [3.05, 3.63) is 23.0 Å². The lowest BCUT2D eigenvalue weighted by Crippen LogP contribution is -2.13. The zero-order chi connectivity index (χ0) is 13.0. The molecule has 0 amide bonds. The first-order valence-corrected chi connectivity index (χ1v) is 5.28. The summed E-state index contributed by atoms with van der Waals surface area (Å²) in [6.07, 6.45) is -2.11. The van der Waals surface area contributed by atoms with Crippen LogP contribution in [0.15, 0.2) is 6.20 Å². The van der Waals surface area contributed by atoms with Crippen LogP contribution in [0.25, 0.3) is 0 Å². The summed E-state index contributed by atoms with van der Waals surface area (Å²) in [5.74, 6) is -1.67. The van der Waals surface area contributed by atoms with Crippen molar-refractivity contribution in [2.75, 3.05) is 6.61 Å². The minimum Gasteiger partial charge on any atom is -0.506 e. The Hall–Kier alpha value is -1.43. The predicted octanol–water partition coefficient (Wildman–Crippen LogP) is 2.64. The van der Waals surface area contributed by atoms with Crippen LogP contribution in [-0.2, 0) is 10.6 Å². The summed E-state index contributed by atoms with van der Waals surface area (Å²) < 4.78 is 30.0. The fraction of sp³-hybridized carbons (Fsp3) is 0.400. The van der Waals surface area contributed by atoms with Gasteiger partial charge in [0, 0.05) is 5.56 Å². The third-order valence-corrected chi connectivity index (χ3v) is 2.28. The Morgan fingerprint density at radius 2 is 2.29 bits per heavy atom. The van der Waals surface area contributed by atoms with Crippen LogP contribution in [-0.4, -0.2) is 22.7 Å². The van der Waals surface area contributed by atoms with E-state index in [-0.39, 0.29) is 18.1 Å². The van der Waals surface area contributed by atoms with Crippen LogP contribution in [0.2, 0.25) is 0 Å². The second-order valence-electron chi connectivity index (χ2n) is 3.04. The molecule has 7 heteroatoms. The minimum atomic E-state index is -2.95. The smallest absolute Gasteiger partial charge is 0.340 e. The maximum atomic E-state index is 12.7. The summed E-state index contributed by atoms with van der Waals surface area (Å²) in [6.45, 7) is 1.56. The monoisotopic (exact) mass is 265 g/mol. The van der Waals surface area contributed by atoms with Gasteiger partial charge in [-0.05, 0) is 6.92 Å². The summed E-state index contributed by atoms with van der Waals surface area (Å²) >= 11 is 5.52. The van der Waals surface area contributed by atoms with Gasteiger partial charge >= 0.3 is 5.97 Å². The molecule has 0 fully saturated rings. The number of hydrogen-bond acceptors (Lipinski definition) is 4. The fourth-order valence-corrected chi connectivity index (χ4v) is 1.56. The number of carbonyl (C=O) groups is 1. The van der Waals surface area contributed by atoms with E-state index >= 15 is 0 Å². The predicted molar refractivity (Wildman–Crippen MR) is 56.4 cm³/mol. The third kappa shape index (κ3) is 2.82. The zero-order valence-electron chi connectivity index (χ0n) is 8.91. The fourth-order valence-electron chi connectivity index (χ4n) is 1.29. The first-order valence-electron chi connectivity index (χ1n) is 4.74. The first kappa shape index (κ1) is 13.6. The van der Waals surface area contributed by atoms with Gasteiger partial charge in [-0.15, -0.1) is 11.6 Å². The molecule has 0 saturated carbocycles. The number of alkyl halides is 3. The lowest BCUT2D eigenvalue weighted by molar-refractivity contribution is 0.0511. The van der Waals surface area contributed by atoms with Crippen molar-refractivity contribution < 1.29 is 23.4 Å². The van der Waals surface area contributed by atoms with E-state index in [1.54, 1.807) is 0 Å². The van der Waals surface area contributed by atoms with Crippen LogP contribution in [0.1, 0.15) is 35.0 Å². The molecule has 0 aliphatic heterocycles. The van der Waals surface area contributed by atoms with Crippen molar-refractivity contribution in [2.24, 2.45) is 0 Å². The van der Waals surface area contributed by atoms with E-state index in [9.17, 15) is 18.7 Å². The average molecular weight is 266 g/mol. The number of aromatic hydroxyl groups is 1. The largest absolute Gasteiger partial charge is 0.506 e. The summed E-state index contributed by atoms with van der Waals surface area (Å²) in [4.78, 5) is 14.9. The van der Waals surface area contributed by atoms with E-state index < -0.39 is 29.4 Å². The molecule has 0 radical (unpaired) electrons. The third-order valence-electron chi connectivity index (χ3n) is 2.01. The van der Waals surface area contributed by atoms with Crippen LogP contribution < -0.4 is 0 Å². The van der Waals surface area contributed by atoms with Crippen molar-refractivity contribution in [3.63, 3.8) is 0 Å². The first-order chi connectivity index (χ1) is 8.02. The molecular formula is C10H10ClF2NO3. The number of aromatic nitrogens is 1. The van der Waals surface area contributed by atoms with Crippen LogP contribution in [0.3, 0.4) is 0 Å². The van der Waals surface area contributed by atoms with E-state index in [4.69, 9.17) is 11.6 Å². The average Bonchev–Trinajstić information content (AvgIpc) is 2.28. The van der Waals surface area contributed by atoms with Gasteiger partial charge in [-0.25, -0.2) is 13.6 Å². The van der Waals surface area contributed by atoms with Gasteiger partial charge < -0.3 is 9.84 Å². The molecule has 0 atom stereocenters. The number of nitrogens with zero attached hydrogens (tertiary/aromatic N) is 1. The molecule has 0 spiro atoms. The molecule has 1 heterocycles. The normalized spacial score (nSPS) is 10.6. The van der Waals surface area contributed by atoms with Crippen molar-refractivity contribution in [1.29, 1.82) is 0 Å². The lowest BCUT2D eigenvalue weighted by Gasteiger charge is -2.12. The van der Waals surface area contributed by atoms with Gasteiger partial charge in [0.15, 0.2) is 0 Å². The van der Waals surface area contributed by atoms with Gasteiger partial charge in [0.2, 0.25) is 0 Å². The number of ether oxygens (including phenoxy) is 1. The zero-order valence-corrected chi connectivity index (χ0v) is 9.67. The molecule has 1 N–H and O–H groups in total. The number of rotatable bonds is 4. The van der Waals surface area contributed by atoms with Gasteiger partial charge in [-0.2, -0.15) is 0 Å². The highest BCUT2D eigenvalue weighted by Crippen LogP contribution is 2.30. The molecule has 0 saturated heterocycles. The highest BCUT2D eigenvalue weighted by atomic mass is 35.5. The van der Waals surface area contributed by atoms with Crippen molar-refractivity contribution in [2.45, 2.75) is 19.2 Å². The maximum Gasteiger partial charge on any atom is 0.340 e. The quantitative estimate of drug-likeness (QED) is 0.672. The number of hydrogen-bond donors (Lipinski definition) is 1.